The van der Waals surface area contributed by atoms with Crippen LogP contribution in [0, 0.1) is 11.6 Å². The van der Waals surface area contributed by atoms with Gasteiger partial charge in [0.2, 0.25) is 0 Å². The minimum Gasteiger partial charge on any atom is -0.490 e. The molecule has 0 fully saturated rings. The molecule has 1 N–H and O–H groups in total. The van der Waals surface area contributed by atoms with Crippen molar-refractivity contribution in [3.63, 3.8) is 0 Å². The van der Waals surface area contributed by atoms with Crippen LogP contribution in [-0.2, 0) is 5.41 Å². The van der Waals surface area contributed by atoms with Crippen molar-refractivity contribution in [3.8, 4) is 17.0 Å². The highest BCUT2D eigenvalue weighted by molar-refractivity contribution is 6.31. The highest BCUT2D eigenvalue weighted by Gasteiger charge is 2.36. The lowest BCUT2D eigenvalue weighted by molar-refractivity contribution is 0.291. The summed E-state index contributed by atoms with van der Waals surface area (Å²) in [4.78, 5) is 4.82. The van der Waals surface area contributed by atoms with Gasteiger partial charge in [0, 0.05) is 35.1 Å². The van der Waals surface area contributed by atoms with Crippen LogP contribution in [0.1, 0.15) is 36.6 Å². The van der Waals surface area contributed by atoms with E-state index in [2.05, 4.69) is 19.2 Å². The van der Waals surface area contributed by atoms with E-state index < -0.39 is 11.6 Å². The quantitative estimate of drug-likeness (QED) is 0.529. The van der Waals surface area contributed by atoms with Gasteiger partial charge in [-0.1, -0.05) is 55.8 Å². The number of likely N-dealkylation sites (N-methyl/N-ethyl adjacent to an activating group) is 1. The zero-order valence-electron chi connectivity index (χ0n) is 17.1. The molecule has 0 bridgehead atoms. The molecule has 0 spiro atoms. The molecule has 0 aliphatic carbocycles. The highest BCUT2D eigenvalue weighted by Crippen LogP contribution is 2.46. The van der Waals surface area contributed by atoms with Crippen LogP contribution in [0.25, 0.3) is 11.3 Å². The normalized spacial score (nSPS) is 15.5. The van der Waals surface area contributed by atoms with Crippen molar-refractivity contribution in [2.24, 2.45) is 0 Å². The standard InChI is InChI=1S/C24H23ClF2N2O/c1-24(2)13-30-23-17(24)10-21(16(12-28-3)14-7-5-4-6-8-14)29-22(23)15-9-18(25)20(27)11-19(15)26/h4-11,16,28H,12-13H2,1-3H3. The van der Waals surface area contributed by atoms with Gasteiger partial charge in [0.05, 0.1) is 17.3 Å². The molecule has 0 radical (unpaired) electrons. The Hall–Kier alpha value is -2.50. The molecule has 2 aromatic carbocycles. The summed E-state index contributed by atoms with van der Waals surface area (Å²) in [6.07, 6.45) is 0. The van der Waals surface area contributed by atoms with Gasteiger partial charge in [-0.25, -0.2) is 13.8 Å². The van der Waals surface area contributed by atoms with Gasteiger partial charge in [0.25, 0.3) is 0 Å². The van der Waals surface area contributed by atoms with E-state index in [9.17, 15) is 8.78 Å². The zero-order chi connectivity index (χ0) is 21.5. The molecule has 1 aromatic heterocycles. The average Bonchev–Trinajstić information content (AvgIpc) is 3.04. The smallest absolute Gasteiger partial charge is 0.149 e. The monoisotopic (exact) mass is 428 g/mol. The van der Waals surface area contributed by atoms with Crippen molar-refractivity contribution in [1.29, 1.82) is 0 Å². The summed E-state index contributed by atoms with van der Waals surface area (Å²) in [7, 11) is 1.89. The first-order valence-corrected chi connectivity index (χ1v) is 10.2. The van der Waals surface area contributed by atoms with Gasteiger partial charge in [-0.15, -0.1) is 0 Å². The third-order valence-corrected chi connectivity index (χ3v) is 5.82. The van der Waals surface area contributed by atoms with Crippen LogP contribution in [0.5, 0.6) is 5.75 Å². The Balaban J connectivity index is 1.96. The van der Waals surface area contributed by atoms with Gasteiger partial charge in [-0.3, -0.25) is 0 Å². The molecule has 30 heavy (non-hydrogen) atoms. The van der Waals surface area contributed by atoms with Crippen molar-refractivity contribution in [3.05, 3.63) is 82.0 Å². The van der Waals surface area contributed by atoms with E-state index in [4.69, 9.17) is 21.3 Å². The van der Waals surface area contributed by atoms with Crippen LogP contribution >= 0.6 is 11.6 Å². The molecule has 6 heteroatoms. The second kappa shape index (κ2) is 7.97. The number of rotatable bonds is 5. The van der Waals surface area contributed by atoms with Crippen LogP contribution in [0.4, 0.5) is 8.78 Å². The van der Waals surface area contributed by atoms with Gasteiger partial charge in [-0.05, 0) is 24.7 Å². The summed E-state index contributed by atoms with van der Waals surface area (Å²) in [6, 6.07) is 14.2. The van der Waals surface area contributed by atoms with Gasteiger partial charge in [0.15, 0.2) is 0 Å². The molecule has 1 unspecified atom stereocenters. The number of benzene rings is 2. The Morgan fingerprint density at radius 1 is 1.13 bits per heavy atom. The van der Waals surface area contributed by atoms with Crippen LogP contribution in [-0.4, -0.2) is 25.2 Å². The predicted octanol–water partition coefficient (Wildman–Crippen LogP) is 5.70. The van der Waals surface area contributed by atoms with Gasteiger partial charge in [0.1, 0.15) is 23.1 Å². The van der Waals surface area contributed by atoms with Crippen LogP contribution in [0.2, 0.25) is 5.02 Å². The first kappa shape index (κ1) is 20.8. The predicted molar refractivity (Wildman–Crippen MR) is 115 cm³/mol. The molecule has 1 atom stereocenters. The summed E-state index contributed by atoms with van der Waals surface area (Å²) in [6.45, 7) is 5.27. The maximum absolute atomic E-state index is 14.8. The molecule has 156 valence electrons. The minimum absolute atomic E-state index is 0.0457. The molecule has 0 saturated heterocycles. The Labute approximate surface area is 180 Å². The fraction of sp³-hybridized carbons (Fsp3) is 0.292. The maximum Gasteiger partial charge on any atom is 0.149 e. The number of hydrogen-bond donors (Lipinski definition) is 1. The van der Waals surface area contributed by atoms with Crippen LogP contribution in [0.3, 0.4) is 0 Å². The number of aromatic nitrogens is 1. The maximum atomic E-state index is 14.8. The summed E-state index contributed by atoms with van der Waals surface area (Å²) in [5.41, 5.74) is 3.07. The van der Waals surface area contributed by atoms with E-state index in [1.165, 1.54) is 6.07 Å². The number of hydrogen-bond acceptors (Lipinski definition) is 3. The van der Waals surface area contributed by atoms with Crippen LogP contribution in [0.15, 0.2) is 48.5 Å². The lowest BCUT2D eigenvalue weighted by atomic mass is 9.84. The fourth-order valence-corrected chi connectivity index (χ4v) is 4.04. The largest absolute Gasteiger partial charge is 0.490 e. The molecule has 2 heterocycles. The van der Waals surface area contributed by atoms with Crippen molar-refractivity contribution in [1.82, 2.24) is 10.3 Å². The Morgan fingerprint density at radius 2 is 1.87 bits per heavy atom. The van der Waals surface area contributed by atoms with E-state index >= 15 is 0 Å². The number of nitrogens with one attached hydrogen (secondary N) is 1. The fourth-order valence-electron chi connectivity index (χ4n) is 3.88. The topological polar surface area (TPSA) is 34.2 Å². The Morgan fingerprint density at radius 3 is 2.57 bits per heavy atom. The third-order valence-electron chi connectivity index (χ3n) is 5.53. The lowest BCUT2D eigenvalue weighted by Gasteiger charge is -2.22. The second-order valence-electron chi connectivity index (χ2n) is 8.21. The van der Waals surface area contributed by atoms with E-state index in [1.807, 2.05) is 43.4 Å². The molecule has 4 rings (SSSR count). The third kappa shape index (κ3) is 3.68. The highest BCUT2D eigenvalue weighted by atomic mass is 35.5. The molecule has 0 amide bonds. The zero-order valence-corrected chi connectivity index (χ0v) is 17.9. The summed E-state index contributed by atoms with van der Waals surface area (Å²) in [5.74, 6) is -1.04. The van der Waals surface area contributed by atoms with Crippen molar-refractivity contribution < 1.29 is 13.5 Å². The number of halogens is 3. The number of nitrogens with zero attached hydrogens (tertiary/aromatic N) is 1. The Kier molecular flexibility index (Phi) is 5.51. The second-order valence-corrected chi connectivity index (χ2v) is 8.62. The van der Waals surface area contributed by atoms with E-state index in [-0.39, 0.29) is 21.9 Å². The molecule has 1 aliphatic heterocycles. The number of fused-ring (bicyclic) bond motifs is 1. The summed E-state index contributed by atoms with van der Waals surface area (Å²) < 4.78 is 34.5. The molecule has 3 nitrogen and oxygen atoms in total. The van der Waals surface area contributed by atoms with Crippen molar-refractivity contribution in [2.45, 2.75) is 25.2 Å². The van der Waals surface area contributed by atoms with E-state index in [1.54, 1.807) is 0 Å². The molecule has 1 aliphatic rings. The van der Waals surface area contributed by atoms with Gasteiger partial charge in [-0.2, -0.15) is 0 Å². The first-order valence-electron chi connectivity index (χ1n) is 9.84. The van der Waals surface area contributed by atoms with Gasteiger partial charge < -0.3 is 10.1 Å². The minimum atomic E-state index is -0.802. The van der Waals surface area contributed by atoms with Crippen molar-refractivity contribution >= 4 is 11.6 Å². The lowest BCUT2D eigenvalue weighted by Crippen LogP contribution is -2.21. The van der Waals surface area contributed by atoms with Gasteiger partial charge >= 0.3 is 0 Å². The van der Waals surface area contributed by atoms with E-state index in [0.29, 0.717) is 24.6 Å². The summed E-state index contributed by atoms with van der Waals surface area (Å²) in [5, 5.41) is 3.07. The first-order chi connectivity index (χ1) is 14.3. The van der Waals surface area contributed by atoms with Crippen molar-refractivity contribution in [2.75, 3.05) is 20.2 Å². The van der Waals surface area contributed by atoms with E-state index in [0.717, 1.165) is 22.9 Å². The number of ether oxygens (including phenoxy) is 1. The molecule has 3 aromatic rings. The molecular formula is C24H23ClF2N2O. The SMILES string of the molecule is CNCC(c1ccccc1)c1cc2c(c(-c3cc(Cl)c(F)cc3F)n1)OCC2(C)C. The van der Waals surface area contributed by atoms with Crippen LogP contribution < -0.4 is 10.1 Å². The average molecular weight is 429 g/mol. The molecule has 0 saturated carbocycles. The Bertz CT molecular complexity index is 1090. The summed E-state index contributed by atoms with van der Waals surface area (Å²) >= 11 is 5.97. The molecular weight excluding hydrogens is 406 g/mol. The number of pyridine rings is 1.